The number of aryl methyl sites for hydroxylation is 1. The van der Waals surface area contributed by atoms with E-state index in [1.54, 1.807) is 26.4 Å². The number of aliphatic hydroxyl groups is 1. The molecule has 0 aromatic heterocycles. The minimum Gasteiger partial charge on any atom is -0.497 e. The zero-order valence-corrected chi connectivity index (χ0v) is 15.2. The Labute approximate surface area is 141 Å². The maximum Gasteiger partial charge on any atom is 0.128 e. The van der Waals surface area contributed by atoms with Crippen molar-refractivity contribution in [2.75, 3.05) is 14.2 Å². The third-order valence-electron chi connectivity index (χ3n) is 3.31. The Kier molecular flexibility index (Phi) is 5.30. The van der Waals surface area contributed by atoms with Crippen LogP contribution in [-0.2, 0) is 0 Å². The van der Waals surface area contributed by atoms with Crippen LogP contribution in [0.3, 0.4) is 0 Å². The SMILES string of the molecule is COc1ccc(C(O)c2cc(Br)c(C)cc2Br)c(OC)c1. The maximum atomic E-state index is 10.7. The fraction of sp³-hybridized carbons (Fsp3) is 0.250. The molecule has 0 aliphatic rings. The van der Waals surface area contributed by atoms with Crippen LogP contribution in [-0.4, -0.2) is 19.3 Å². The molecular formula is C16H16Br2O3. The predicted octanol–water partition coefficient (Wildman–Crippen LogP) is 4.62. The van der Waals surface area contributed by atoms with Gasteiger partial charge in [0.05, 0.1) is 14.2 Å². The molecule has 0 aliphatic heterocycles. The highest BCUT2D eigenvalue weighted by Crippen LogP contribution is 2.37. The highest BCUT2D eigenvalue weighted by atomic mass is 79.9. The Morgan fingerprint density at radius 2 is 1.67 bits per heavy atom. The van der Waals surface area contributed by atoms with Crippen LogP contribution in [0.2, 0.25) is 0 Å². The van der Waals surface area contributed by atoms with Crippen LogP contribution in [0, 0.1) is 6.92 Å². The summed E-state index contributed by atoms with van der Waals surface area (Å²) in [5, 5.41) is 10.7. The molecule has 0 radical (unpaired) electrons. The van der Waals surface area contributed by atoms with Crippen molar-refractivity contribution in [1.82, 2.24) is 0 Å². The van der Waals surface area contributed by atoms with E-state index in [9.17, 15) is 5.11 Å². The molecule has 1 N–H and O–H groups in total. The fourth-order valence-electron chi connectivity index (χ4n) is 2.08. The lowest BCUT2D eigenvalue weighted by molar-refractivity contribution is 0.213. The maximum absolute atomic E-state index is 10.7. The number of aliphatic hydroxyl groups excluding tert-OH is 1. The van der Waals surface area contributed by atoms with E-state index < -0.39 is 6.10 Å². The number of hydrogen-bond donors (Lipinski definition) is 1. The Morgan fingerprint density at radius 1 is 0.952 bits per heavy atom. The normalized spacial score (nSPS) is 12.1. The molecule has 0 aliphatic carbocycles. The van der Waals surface area contributed by atoms with E-state index in [-0.39, 0.29) is 0 Å². The molecule has 0 amide bonds. The smallest absolute Gasteiger partial charge is 0.128 e. The van der Waals surface area contributed by atoms with Crippen molar-refractivity contribution in [3.63, 3.8) is 0 Å². The number of rotatable bonds is 4. The van der Waals surface area contributed by atoms with Gasteiger partial charge in [0, 0.05) is 26.1 Å². The van der Waals surface area contributed by atoms with Gasteiger partial charge in [-0.2, -0.15) is 0 Å². The summed E-state index contributed by atoms with van der Waals surface area (Å²) in [6.45, 7) is 2.00. The van der Waals surface area contributed by atoms with Gasteiger partial charge in [0.15, 0.2) is 0 Å². The summed E-state index contributed by atoms with van der Waals surface area (Å²) in [5.41, 5.74) is 2.56. The Balaban J connectivity index is 2.49. The molecule has 0 fully saturated rings. The molecular weight excluding hydrogens is 400 g/mol. The lowest BCUT2D eigenvalue weighted by atomic mass is 9.99. The molecule has 2 aromatic rings. The van der Waals surface area contributed by atoms with E-state index in [4.69, 9.17) is 9.47 Å². The average Bonchev–Trinajstić information content (AvgIpc) is 2.49. The molecule has 5 heteroatoms. The molecule has 0 saturated carbocycles. The Morgan fingerprint density at radius 3 is 2.29 bits per heavy atom. The van der Waals surface area contributed by atoms with Gasteiger partial charge in [-0.3, -0.25) is 0 Å². The summed E-state index contributed by atoms with van der Waals surface area (Å²) in [5.74, 6) is 1.28. The van der Waals surface area contributed by atoms with Gasteiger partial charge in [0.2, 0.25) is 0 Å². The van der Waals surface area contributed by atoms with E-state index in [0.717, 1.165) is 20.1 Å². The van der Waals surface area contributed by atoms with E-state index in [1.807, 2.05) is 25.1 Å². The molecule has 1 unspecified atom stereocenters. The van der Waals surface area contributed by atoms with Crippen molar-refractivity contribution in [2.45, 2.75) is 13.0 Å². The van der Waals surface area contributed by atoms with Gasteiger partial charge in [-0.05, 0) is 36.8 Å². The molecule has 0 bridgehead atoms. The van der Waals surface area contributed by atoms with Gasteiger partial charge in [0.1, 0.15) is 17.6 Å². The van der Waals surface area contributed by atoms with Crippen LogP contribution in [0.15, 0.2) is 39.3 Å². The van der Waals surface area contributed by atoms with E-state index in [0.29, 0.717) is 17.1 Å². The van der Waals surface area contributed by atoms with E-state index in [1.165, 1.54) is 0 Å². The summed E-state index contributed by atoms with van der Waals surface area (Å²) >= 11 is 7.00. The first-order chi connectivity index (χ1) is 9.97. The van der Waals surface area contributed by atoms with Crippen molar-refractivity contribution < 1.29 is 14.6 Å². The number of halogens is 2. The predicted molar refractivity (Wildman–Crippen MR) is 90.2 cm³/mol. The van der Waals surface area contributed by atoms with E-state index in [2.05, 4.69) is 31.9 Å². The summed E-state index contributed by atoms with van der Waals surface area (Å²) in [6.07, 6.45) is -0.794. The average molecular weight is 416 g/mol. The monoisotopic (exact) mass is 414 g/mol. The van der Waals surface area contributed by atoms with Crippen molar-refractivity contribution in [3.05, 3.63) is 56.0 Å². The van der Waals surface area contributed by atoms with Gasteiger partial charge < -0.3 is 14.6 Å². The highest BCUT2D eigenvalue weighted by molar-refractivity contribution is 9.11. The molecule has 3 nitrogen and oxygen atoms in total. The number of hydrogen-bond acceptors (Lipinski definition) is 3. The zero-order valence-electron chi connectivity index (χ0n) is 12.0. The second-order valence-electron chi connectivity index (χ2n) is 4.63. The second-order valence-corrected chi connectivity index (χ2v) is 6.34. The van der Waals surface area contributed by atoms with Crippen LogP contribution >= 0.6 is 31.9 Å². The van der Waals surface area contributed by atoms with E-state index >= 15 is 0 Å². The molecule has 0 saturated heterocycles. The van der Waals surface area contributed by atoms with Crippen molar-refractivity contribution in [2.24, 2.45) is 0 Å². The van der Waals surface area contributed by atoms with Gasteiger partial charge in [-0.25, -0.2) is 0 Å². The molecule has 0 spiro atoms. The van der Waals surface area contributed by atoms with Gasteiger partial charge in [-0.15, -0.1) is 0 Å². The van der Waals surface area contributed by atoms with Crippen molar-refractivity contribution in [1.29, 1.82) is 0 Å². The highest BCUT2D eigenvalue weighted by Gasteiger charge is 2.19. The third-order valence-corrected chi connectivity index (χ3v) is 4.85. The molecule has 1 atom stereocenters. The molecule has 21 heavy (non-hydrogen) atoms. The van der Waals surface area contributed by atoms with Crippen LogP contribution in [0.1, 0.15) is 22.8 Å². The largest absolute Gasteiger partial charge is 0.497 e. The number of ether oxygens (including phenoxy) is 2. The van der Waals surface area contributed by atoms with Crippen LogP contribution < -0.4 is 9.47 Å². The minimum atomic E-state index is -0.794. The second kappa shape index (κ2) is 6.81. The first-order valence-electron chi connectivity index (χ1n) is 6.33. The van der Waals surface area contributed by atoms with Gasteiger partial charge in [0.25, 0.3) is 0 Å². The Hall–Kier alpha value is -1.04. The number of methoxy groups -OCH3 is 2. The summed E-state index contributed by atoms with van der Waals surface area (Å²) in [7, 11) is 3.17. The molecule has 2 rings (SSSR count). The van der Waals surface area contributed by atoms with Crippen molar-refractivity contribution in [3.8, 4) is 11.5 Å². The Bertz CT molecular complexity index is 656. The molecule has 112 valence electrons. The standard InChI is InChI=1S/C16H16Br2O3/c1-9-6-14(18)12(8-13(9)17)16(19)11-5-4-10(20-2)7-15(11)21-3/h4-8,16,19H,1-3H3. The first kappa shape index (κ1) is 16.3. The summed E-state index contributed by atoms with van der Waals surface area (Å²) in [6, 6.07) is 9.25. The lowest BCUT2D eigenvalue weighted by Gasteiger charge is -2.18. The third kappa shape index (κ3) is 3.42. The summed E-state index contributed by atoms with van der Waals surface area (Å²) < 4.78 is 12.3. The molecule has 2 aromatic carbocycles. The molecule has 0 heterocycles. The zero-order chi connectivity index (χ0) is 15.6. The number of benzene rings is 2. The first-order valence-corrected chi connectivity index (χ1v) is 7.92. The topological polar surface area (TPSA) is 38.7 Å². The fourth-order valence-corrected chi connectivity index (χ4v) is 3.12. The van der Waals surface area contributed by atoms with Crippen LogP contribution in [0.4, 0.5) is 0 Å². The summed E-state index contributed by atoms with van der Waals surface area (Å²) in [4.78, 5) is 0. The van der Waals surface area contributed by atoms with Crippen LogP contribution in [0.5, 0.6) is 11.5 Å². The van der Waals surface area contributed by atoms with Crippen molar-refractivity contribution >= 4 is 31.9 Å². The van der Waals surface area contributed by atoms with Crippen LogP contribution in [0.25, 0.3) is 0 Å². The lowest BCUT2D eigenvalue weighted by Crippen LogP contribution is -2.04. The van der Waals surface area contributed by atoms with Gasteiger partial charge in [-0.1, -0.05) is 31.9 Å². The van der Waals surface area contributed by atoms with Gasteiger partial charge >= 0.3 is 0 Å². The minimum absolute atomic E-state index is 0.588. The quantitative estimate of drug-likeness (QED) is 0.791.